The number of carbonyl (C=O) groups is 2. The Kier molecular flexibility index (Phi) is 6.90. The van der Waals surface area contributed by atoms with Crippen LogP contribution >= 0.6 is 22.7 Å². The molecule has 3 aromatic rings. The van der Waals surface area contributed by atoms with Crippen LogP contribution in [0.5, 0.6) is 0 Å². The normalized spacial score (nSPS) is 10.8. The van der Waals surface area contributed by atoms with Gasteiger partial charge in [-0.1, -0.05) is 36.4 Å². The fourth-order valence-electron chi connectivity index (χ4n) is 2.34. The summed E-state index contributed by atoms with van der Waals surface area (Å²) in [6.07, 6.45) is 4.24. The Bertz CT molecular complexity index is 902. The highest BCUT2D eigenvalue weighted by Crippen LogP contribution is 2.16. The number of rotatable bonds is 8. The lowest BCUT2D eigenvalue weighted by Gasteiger charge is -2.02. The van der Waals surface area contributed by atoms with Crippen molar-refractivity contribution in [1.82, 2.24) is 10.3 Å². The first-order valence-electron chi connectivity index (χ1n) is 8.46. The number of thiophene rings is 1. The standard InChI is InChI=1S/C20H19N3O2S2/c24-18(9-8-15-5-2-1-3-6-15)23-20-22-16(14-27-20)13-19(25)21-11-10-17-7-4-12-26-17/h1-9,12,14H,10-11,13H2,(H,21,25)(H,22,23,24)/b9-8+. The third-order valence-electron chi connectivity index (χ3n) is 3.62. The molecule has 0 unspecified atom stereocenters. The lowest BCUT2D eigenvalue weighted by atomic mass is 10.2. The number of aromatic nitrogens is 1. The maximum absolute atomic E-state index is 12.0. The van der Waals surface area contributed by atoms with E-state index >= 15 is 0 Å². The van der Waals surface area contributed by atoms with Crippen LogP contribution in [0.2, 0.25) is 0 Å². The van der Waals surface area contributed by atoms with Gasteiger partial charge in [-0.2, -0.15) is 0 Å². The van der Waals surface area contributed by atoms with Gasteiger partial charge in [-0.05, 0) is 29.5 Å². The van der Waals surface area contributed by atoms with E-state index in [4.69, 9.17) is 0 Å². The lowest BCUT2D eigenvalue weighted by molar-refractivity contribution is -0.120. The van der Waals surface area contributed by atoms with Gasteiger partial charge in [0.15, 0.2) is 5.13 Å². The van der Waals surface area contributed by atoms with Crippen LogP contribution in [0.15, 0.2) is 59.3 Å². The molecule has 2 amide bonds. The molecule has 0 saturated heterocycles. The number of hydrogen-bond donors (Lipinski definition) is 2. The van der Waals surface area contributed by atoms with Crippen molar-refractivity contribution >= 4 is 45.7 Å². The lowest BCUT2D eigenvalue weighted by Crippen LogP contribution is -2.27. The van der Waals surface area contributed by atoms with Crippen molar-refractivity contribution in [3.8, 4) is 0 Å². The largest absolute Gasteiger partial charge is 0.355 e. The fraction of sp³-hybridized carbons (Fsp3) is 0.150. The van der Waals surface area contributed by atoms with E-state index < -0.39 is 0 Å². The summed E-state index contributed by atoms with van der Waals surface area (Å²) in [5.41, 5.74) is 1.60. The summed E-state index contributed by atoms with van der Waals surface area (Å²) in [6, 6.07) is 13.6. The molecule has 2 heterocycles. The van der Waals surface area contributed by atoms with Crippen LogP contribution in [0, 0.1) is 0 Å². The Morgan fingerprint density at radius 3 is 2.70 bits per heavy atom. The van der Waals surface area contributed by atoms with Gasteiger partial charge in [0.25, 0.3) is 0 Å². The zero-order valence-corrected chi connectivity index (χ0v) is 16.2. The van der Waals surface area contributed by atoms with Crippen LogP contribution < -0.4 is 10.6 Å². The molecule has 0 aliphatic heterocycles. The minimum absolute atomic E-state index is 0.0706. The smallest absolute Gasteiger partial charge is 0.250 e. The maximum Gasteiger partial charge on any atom is 0.250 e. The van der Waals surface area contributed by atoms with Gasteiger partial charge in [0.1, 0.15) is 0 Å². The van der Waals surface area contributed by atoms with Crippen molar-refractivity contribution in [2.75, 3.05) is 11.9 Å². The van der Waals surface area contributed by atoms with Gasteiger partial charge in [0.05, 0.1) is 12.1 Å². The highest BCUT2D eigenvalue weighted by molar-refractivity contribution is 7.14. The second-order valence-electron chi connectivity index (χ2n) is 5.73. The fourth-order valence-corrected chi connectivity index (χ4v) is 3.76. The number of benzene rings is 1. The second kappa shape index (κ2) is 9.80. The molecule has 3 rings (SSSR count). The number of nitrogens with one attached hydrogen (secondary N) is 2. The second-order valence-corrected chi connectivity index (χ2v) is 7.62. The molecule has 0 aliphatic carbocycles. The SMILES string of the molecule is O=C(/C=C/c1ccccc1)Nc1nc(CC(=O)NCCc2cccs2)cs1. The average molecular weight is 398 g/mol. The van der Waals surface area contributed by atoms with E-state index in [1.165, 1.54) is 22.3 Å². The van der Waals surface area contributed by atoms with Gasteiger partial charge < -0.3 is 5.32 Å². The molecule has 2 N–H and O–H groups in total. The van der Waals surface area contributed by atoms with Gasteiger partial charge in [-0.25, -0.2) is 4.98 Å². The van der Waals surface area contributed by atoms with Crippen molar-refractivity contribution in [2.24, 2.45) is 0 Å². The van der Waals surface area contributed by atoms with E-state index in [1.54, 1.807) is 22.8 Å². The van der Waals surface area contributed by atoms with E-state index in [0.717, 1.165) is 12.0 Å². The Balaban J connectivity index is 1.43. The monoisotopic (exact) mass is 397 g/mol. The summed E-state index contributed by atoms with van der Waals surface area (Å²) < 4.78 is 0. The molecular weight excluding hydrogens is 378 g/mol. The number of hydrogen-bond acceptors (Lipinski definition) is 5. The van der Waals surface area contributed by atoms with Crippen molar-refractivity contribution in [2.45, 2.75) is 12.8 Å². The van der Waals surface area contributed by atoms with Crippen LogP contribution in [0.1, 0.15) is 16.1 Å². The molecule has 0 bridgehead atoms. The van der Waals surface area contributed by atoms with Crippen LogP contribution in [-0.4, -0.2) is 23.3 Å². The number of amides is 2. The summed E-state index contributed by atoms with van der Waals surface area (Å²) in [7, 11) is 0. The van der Waals surface area contributed by atoms with Crippen LogP contribution in [0.25, 0.3) is 6.08 Å². The van der Waals surface area contributed by atoms with Crippen molar-refractivity contribution in [3.05, 3.63) is 75.4 Å². The van der Waals surface area contributed by atoms with Gasteiger partial charge in [0, 0.05) is 22.9 Å². The van der Waals surface area contributed by atoms with Gasteiger partial charge in [-0.3, -0.25) is 14.9 Å². The summed E-state index contributed by atoms with van der Waals surface area (Å²) in [5.74, 6) is -0.321. The minimum Gasteiger partial charge on any atom is -0.355 e. The number of anilines is 1. The third kappa shape index (κ3) is 6.47. The first kappa shape index (κ1) is 19.0. The first-order chi connectivity index (χ1) is 13.2. The molecule has 27 heavy (non-hydrogen) atoms. The number of thiazole rings is 1. The minimum atomic E-state index is -0.250. The van der Waals surface area contributed by atoms with E-state index in [1.807, 2.05) is 41.8 Å². The number of nitrogens with zero attached hydrogens (tertiary/aromatic N) is 1. The van der Waals surface area contributed by atoms with Crippen LogP contribution in [-0.2, 0) is 22.4 Å². The maximum atomic E-state index is 12.0. The van der Waals surface area contributed by atoms with E-state index in [0.29, 0.717) is 17.4 Å². The quantitative estimate of drug-likeness (QED) is 0.569. The molecule has 0 fully saturated rings. The summed E-state index contributed by atoms with van der Waals surface area (Å²) in [5, 5.41) is 9.91. The third-order valence-corrected chi connectivity index (χ3v) is 5.37. The van der Waals surface area contributed by atoms with Crippen molar-refractivity contribution < 1.29 is 9.59 Å². The molecule has 0 spiro atoms. The van der Waals surface area contributed by atoms with Crippen LogP contribution in [0.3, 0.4) is 0 Å². The predicted molar refractivity (Wildman–Crippen MR) is 111 cm³/mol. The number of carbonyl (C=O) groups excluding carboxylic acids is 2. The predicted octanol–water partition coefficient (Wildman–Crippen LogP) is 3.76. The molecule has 0 radical (unpaired) electrons. The topological polar surface area (TPSA) is 71.1 Å². The summed E-state index contributed by atoms with van der Waals surface area (Å²) in [4.78, 5) is 29.5. The molecule has 0 saturated carbocycles. The van der Waals surface area contributed by atoms with E-state index in [-0.39, 0.29) is 18.2 Å². The van der Waals surface area contributed by atoms with Gasteiger partial charge >= 0.3 is 0 Å². The van der Waals surface area contributed by atoms with Gasteiger partial charge in [-0.15, -0.1) is 22.7 Å². The first-order valence-corrected chi connectivity index (χ1v) is 10.2. The Labute approximate surface area is 165 Å². The van der Waals surface area contributed by atoms with Crippen LogP contribution in [0.4, 0.5) is 5.13 Å². The van der Waals surface area contributed by atoms with E-state index in [2.05, 4.69) is 21.7 Å². The van der Waals surface area contributed by atoms with Crippen molar-refractivity contribution in [3.63, 3.8) is 0 Å². The molecule has 0 atom stereocenters. The Morgan fingerprint density at radius 1 is 1.07 bits per heavy atom. The Hall–Kier alpha value is -2.77. The molecule has 138 valence electrons. The van der Waals surface area contributed by atoms with E-state index in [9.17, 15) is 9.59 Å². The molecule has 0 aliphatic rings. The molecule has 2 aromatic heterocycles. The molecular formula is C20H19N3O2S2. The molecule has 5 nitrogen and oxygen atoms in total. The Morgan fingerprint density at radius 2 is 1.93 bits per heavy atom. The molecule has 7 heteroatoms. The van der Waals surface area contributed by atoms with Gasteiger partial charge in [0.2, 0.25) is 11.8 Å². The molecule has 1 aromatic carbocycles. The zero-order chi connectivity index (χ0) is 18.9. The zero-order valence-electron chi connectivity index (χ0n) is 14.6. The summed E-state index contributed by atoms with van der Waals surface area (Å²) in [6.45, 7) is 0.608. The summed E-state index contributed by atoms with van der Waals surface area (Å²) >= 11 is 2.99. The van der Waals surface area contributed by atoms with Crippen molar-refractivity contribution in [1.29, 1.82) is 0 Å². The average Bonchev–Trinajstić information content (AvgIpc) is 3.33. The highest BCUT2D eigenvalue weighted by atomic mass is 32.1. The highest BCUT2D eigenvalue weighted by Gasteiger charge is 2.09.